The summed E-state index contributed by atoms with van der Waals surface area (Å²) in [6.45, 7) is 17.9. The summed E-state index contributed by atoms with van der Waals surface area (Å²) in [4.78, 5) is 19.3. The van der Waals surface area contributed by atoms with Crippen LogP contribution in [0.2, 0.25) is 39.3 Å². The zero-order valence-electron chi connectivity index (χ0n) is 35.6. The summed E-state index contributed by atoms with van der Waals surface area (Å²) in [6, 6.07) is 16.1. The average Bonchev–Trinajstić information content (AvgIpc) is 3.20. The summed E-state index contributed by atoms with van der Waals surface area (Å²) in [5, 5.41) is 0. The van der Waals surface area contributed by atoms with Gasteiger partial charge in [-0.3, -0.25) is 19.9 Å². The van der Waals surface area contributed by atoms with E-state index in [-0.39, 0.29) is 7.43 Å². The van der Waals surface area contributed by atoms with E-state index in [9.17, 15) is 0 Å². The Morgan fingerprint density at radius 1 is 0.552 bits per heavy atom. The van der Waals surface area contributed by atoms with Crippen molar-refractivity contribution in [2.45, 2.75) is 125 Å². The van der Waals surface area contributed by atoms with Gasteiger partial charge in [-0.25, -0.2) is 0 Å². The van der Waals surface area contributed by atoms with Crippen LogP contribution in [0.25, 0.3) is 12.2 Å². The minimum atomic E-state index is -1.35. The Morgan fingerprint density at radius 2 is 0.983 bits per heavy atom. The lowest BCUT2D eigenvalue weighted by Crippen LogP contribution is -2.16. The van der Waals surface area contributed by atoms with Crippen molar-refractivity contribution in [3.63, 3.8) is 0 Å². The van der Waals surface area contributed by atoms with E-state index in [1.807, 2.05) is 79.3 Å². The second kappa shape index (κ2) is 29.4. The topological polar surface area (TPSA) is 51.6 Å². The molecule has 0 aromatic carbocycles. The number of terminal acetylenes is 1. The summed E-state index contributed by atoms with van der Waals surface area (Å²) in [7, 11) is -2.63. The van der Waals surface area contributed by atoms with Gasteiger partial charge < -0.3 is 0 Å². The van der Waals surface area contributed by atoms with E-state index in [4.69, 9.17) is 6.42 Å². The van der Waals surface area contributed by atoms with Crippen molar-refractivity contribution in [1.29, 1.82) is 0 Å². The third-order valence-corrected chi connectivity index (χ3v) is 9.93. The monoisotopic (exact) mass is 868 g/mol. The van der Waals surface area contributed by atoms with Crippen LogP contribution in [0.4, 0.5) is 0 Å². The fourth-order valence-corrected chi connectivity index (χ4v) is 6.07. The summed E-state index contributed by atoms with van der Waals surface area (Å²) in [5.74, 6) is 15.1. The van der Waals surface area contributed by atoms with E-state index in [0.717, 1.165) is 57.9 Å². The van der Waals surface area contributed by atoms with Gasteiger partial charge in [-0.05, 0) is 97.4 Å². The molecule has 0 radical (unpaired) electrons. The molecule has 0 aliphatic carbocycles. The Labute approximate surface area is 363 Å². The van der Waals surface area contributed by atoms with Gasteiger partial charge in [0.25, 0.3) is 0 Å². The smallest absolute Gasteiger partial charge is 0.129 e. The second-order valence-electron chi connectivity index (χ2n) is 15.7. The molecule has 0 aliphatic rings. The van der Waals surface area contributed by atoms with Gasteiger partial charge in [0.2, 0.25) is 0 Å². The highest BCUT2D eigenvalue weighted by molar-refractivity contribution is 9.11. The molecule has 7 heteroatoms. The van der Waals surface area contributed by atoms with E-state index in [1.165, 1.54) is 51.4 Å². The van der Waals surface area contributed by atoms with Gasteiger partial charge in [-0.2, -0.15) is 0 Å². The van der Waals surface area contributed by atoms with Gasteiger partial charge in [0.1, 0.15) is 16.1 Å². The zero-order valence-corrected chi connectivity index (χ0v) is 39.1. The quantitative estimate of drug-likeness (QED) is 0.0808. The maximum atomic E-state index is 5.25. The highest BCUT2D eigenvalue weighted by Gasteiger charge is 2.08. The number of rotatable bonds is 12. The number of halogens is 1. The lowest BCUT2D eigenvalue weighted by Gasteiger charge is -2.03. The molecular formula is C51H65BrN4Si2. The van der Waals surface area contributed by atoms with E-state index >= 15 is 0 Å². The Kier molecular flexibility index (Phi) is 26.0. The molecule has 0 saturated heterocycles. The summed E-state index contributed by atoms with van der Waals surface area (Å²) in [5.41, 5.74) is 14.5. The Hall–Kier alpha value is -4.77. The van der Waals surface area contributed by atoms with Crippen LogP contribution in [-0.2, 0) is 12.8 Å². The Balaban J connectivity index is 0.000000474. The third-order valence-electron chi connectivity index (χ3n) is 7.91. The molecule has 4 aromatic rings. The molecule has 0 N–H and O–H groups in total. The van der Waals surface area contributed by atoms with Gasteiger partial charge in [-0.15, -0.1) is 17.5 Å². The second-order valence-corrected chi connectivity index (χ2v) is 25.7. The predicted molar refractivity (Wildman–Crippen MR) is 262 cm³/mol. The van der Waals surface area contributed by atoms with Gasteiger partial charge in [0, 0.05) is 58.4 Å². The van der Waals surface area contributed by atoms with Crippen molar-refractivity contribution in [2.75, 3.05) is 0 Å². The molecule has 4 aromatic heterocycles. The third kappa shape index (κ3) is 25.5. The van der Waals surface area contributed by atoms with Crippen LogP contribution in [0.5, 0.6) is 0 Å². The molecule has 304 valence electrons. The van der Waals surface area contributed by atoms with Crippen molar-refractivity contribution >= 4 is 44.2 Å². The lowest BCUT2D eigenvalue weighted by atomic mass is 10.1. The van der Waals surface area contributed by atoms with Crippen LogP contribution in [0, 0.1) is 47.1 Å². The first-order chi connectivity index (χ1) is 27.3. The molecule has 4 rings (SSSR count). The minimum absolute atomic E-state index is 0. The maximum Gasteiger partial charge on any atom is 0.129 e. The largest absolute Gasteiger partial charge is 0.260 e. The maximum absolute atomic E-state index is 5.25. The number of aromatic nitrogens is 4. The lowest BCUT2D eigenvalue weighted by molar-refractivity contribution is 0.660. The van der Waals surface area contributed by atoms with Crippen LogP contribution in [0.3, 0.4) is 0 Å². The van der Waals surface area contributed by atoms with Crippen LogP contribution in [-0.4, -0.2) is 36.1 Å². The SMILES string of the molecule is C.C#Cc1ccc(CCCCCC)nc1.CCCCCCc1ccc(C#C/C=C/c2ccc(C#C[Si](C)(C)C)cn2)cn1.C[Si](C)(C)C#Cc1ccc(/C=C/Br)nc1. The van der Waals surface area contributed by atoms with E-state index in [1.54, 1.807) is 11.2 Å². The van der Waals surface area contributed by atoms with Gasteiger partial charge in [-0.1, -0.05) is 145 Å². The molecule has 0 atom stereocenters. The van der Waals surface area contributed by atoms with Crippen molar-refractivity contribution in [3.8, 4) is 47.1 Å². The van der Waals surface area contributed by atoms with Gasteiger partial charge >= 0.3 is 0 Å². The molecule has 0 spiro atoms. The summed E-state index contributed by atoms with van der Waals surface area (Å²) < 4.78 is 0. The van der Waals surface area contributed by atoms with E-state index in [0.29, 0.717) is 0 Å². The first kappa shape index (κ1) is 51.3. The highest BCUT2D eigenvalue weighted by atomic mass is 79.9. The number of hydrogen-bond donors (Lipinski definition) is 0. The van der Waals surface area contributed by atoms with Crippen LogP contribution in [0.15, 0.2) is 84.4 Å². The van der Waals surface area contributed by atoms with Crippen molar-refractivity contribution in [2.24, 2.45) is 0 Å². The molecule has 4 heterocycles. The molecule has 0 bridgehead atoms. The minimum Gasteiger partial charge on any atom is -0.260 e. The number of nitrogens with zero attached hydrogens (tertiary/aromatic N) is 4. The number of aryl methyl sites for hydroxylation is 2. The molecular weight excluding hydrogens is 805 g/mol. The number of unbranched alkanes of at least 4 members (excludes halogenated alkanes) is 6. The summed E-state index contributed by atoms with van der Waals surface area (Å²) >= 11 is 3.22. The highest BCUT2D eigenvalue weighted by Crippen LogP contribution is 2.09. The molecule has 4 nitrogen and oxygen atoms in total. The van der Waals surface area contributed by atoms with Crippen LogP contribution < -0.4 is 0 Å². The normalized spacial score (nSPS) is 10.5. The van der Waals surface area contributed by atoms with Crippen LogP contribution >= 0.6 is 15.9 Å². The summed E-state index contributed by atoms with van der Waals surface area (Å²) in [6.07, 6.45) is 30.5. The van der Waals surface area contributed by atoms with Crippen LogP contribution in [0.1, 0.15) is 118 Å². The number of pyridine rings is 4. The average molecular weight is 870 g/mol. The molecule has 0 saturated carbocycles. The van der Waals surface area contributed by atoms with E-state index < -0.39 is 16.1 Å². The molecule has 58 heavy (non-hydrogen) atoms. The number of allylic oxidation sites excluding steroid dienone is 1. The number of hydrogen-bond acceptors (Lipinski definition) is 4. The molecule has 0 aliphatic heterocycles. The molecule has 0 unspecified atom stereocenters. The van der Waals surface area contributed by atoms with Crippen molar-refractivity contribution in [3.05, 3.63) is 129 Å². The molecule has 0 amide bonds. The first-order valence-corrected chi connectivity index (χ1v) is 28.1. The standard InChI is InChI=1S/C25H30N2Si.C13H17N.C12H14BrNSi.CH4/c1-5-6-7-8-12-24-16-14-22(20-26-24)11-9-10-13-25-17-15-23(21-27-25)18-19-28(2,3)4;1-3-5-6-7-8-13-10-9-12(4-2)11-14-13;1-15(2,3)9-7-11-4-5-12(6-8-13)14-10-11;/h10,13-17,20-21H,5-8,12H2,1-4H3;2,9-11H,3,5-8H2,1H3;4-6,8,10H,1-3H3;1H4/b13-10+;;8-6+;. The first-order valence-electron chi connectivity index (χ1n) is 20.1. The predicted octanol–water partition coefficient (Wildman–Crippen LogP) is 13.4. The van der Waals surface area contributed by atoms with Crippen molar-refractivity contribution in [1.82, 2.24) is 19.9 Å². The van der Waals surface area contributed by atoms with Gasteiger partial charge in [0.05, 0.1) is 11.4 Å². The Morgan fingerprint density at radius 3 is 1.36 bits per heavy atom. The Bertz CT molecular complexity index is 2030. The van der Waals surface area contributed by atoms with Crippen molar-refractivity contribution < 1.29 is 0 Å². The fraction of sp³-hybridized carbons (Fsp3) is 0.373. The van der Waals surface area contributed by atoms with E-state index in [2.05, 4.69) is 136 Å². The zero-order chi connectivity index (χ0) is 41.8. The fourth-order valence-electron chi connectivity index (χ4n) is 4.76. The molecule has 0 fully saturated rings. The van der Waals surface area contributed by atoms with Gasteiger partial charge in [0.15, 0.2) is 0 Å².